The van der Waals surface area contributed by atoms with E-state index in [1.165, 1.54) is 25.1 Å². The van der Waals surface area contributed by atoms with Gasteiger partial charge in [0.2, 0.25) is 0 Å². The fourth-order valence-electron chi connectivity index (χ4n) is 4.04. The maximum atomic E-state index is 11.8. The number of rotatable bonds is 3. The quantitative estimate of drug-likeness (QED) is 0.768. The molecule has 0 radical (unpaired) electrons. The van der Waals surface area contributed by atoms with Gasteiger partial charge in [-0.15, -0.1) is 17.0 Å². The molecule has 2 aromatic carbocycles. The van der Waals surface area contributed by atoms with Crippen LogP contribution in [0.1, 0.15) is 31.2 Å². The fourth-order valence-corrected chi connectivity index (χ4v) is 4.04. The first kappa shape index (κ1) is 18.9. The van der Waals surface area contributed by atoms with Crippen LogP contribution in [0.15, 0.2) is 54.6 Å². The smallest absolute Gasteiger partial charge is 0.275 e. The molecule has 2 aliphatic rings. The first-order valence-corrected chi connectivity index (χ1v) is 9.05. The summed E-state index contributed by atoms with van der Waals surface area (Å²) in [6.07, 6.45) is 4.61. The first-order valence-electron chi connectivity index (χ1n) is 9.05. The highest BCUT2D eigenvalue weighted by atomic mass is 79.9. The van der Waals surface area contributed by atoms with Crippen molar-refractivity contribution in [1.82, 2.24) is 0 Å². The van der Waals surface area contributed by atoms with Gasteiger partial charge in [0, 0.05) is 12.0 Å². The number of ether oxygens (including phenoxy) is 1. The Hall–Kier alpha value is -1.85. The Morgan fingerprint density at radius 3 is 2.42 bits per heavy atom. The van der Waals surface area contributed by atoms with Crippen molar-refractivity contribution in [2.45, 2.75) is 31.4 Å². The lowest BCUT2D eigenvalue weighted by molar-refractivity contribution is -0.534. The maximum absolute atomic E-state index is 11.8. The summed E-state index contributed by atoms with van der Waals surface area (Å²) < 4.78 is 7.66. The molecule has 1 unspecified atom stereocenters. The third kappa shape index (κ3) is 3.26. The van der Waals surface area contributed by atoms with Crippen LogP contribution < -0.4 is 9.64 Å². The zero-order valence-corrected chi connectivity index (χ0v) is 16.8. The van der Waals surface area contributed by atoms with Crippen LogP contribution in [-0.2, 0) is 5.72 Å². The average molecular weight is 418 g/mol. The minimum Gasteiger partial charge on any atom is -0.497 e. The van der Waals surface area contributed by atoms with Gasteiger partial charge in [-0.3, -0.25) is 4.58 Å². The summed E-state index contributed by atoms with van der Waals surface area (Å²) in [7, 11) is 1.67. The molecule has 0 spiro atoms. The minimum absolute atomic E-state index is 0. The molecule has 1 atom stereocenters. The van der Waals surface area contributed by atoms with Crippen molar-refractivity contribution in [3.63, 3.8) is 0 Å². The zero-order chi connectivity index (χ0) is 17.3. The Morgan fingerprint density at radius 2 is 1.73 bits per heavy atom. The molecule has 5 heteroatoms. The highest BCUT2D eigenvalue weighted by Gasteiger charge is 2.53. The Bertz CT molecular complexity index is 776. The molecular weight excluding hydrogens is 392 g/mol. The number of aliphatic hydroxyl groups is 1. The second-order valence-electron chi connectivity index (χ2n) is 6.86. The Morgan fingerprint density at radius 1 is 1.00 bits per heavy atom. The van der Waals surface area contributed by atoms with Crippen LogP contribution in [0.5, 0.6) is 5.75 Å². The van der Waals surface area contributed by atoms with Crippen LogP contribution in [0.2, 0.25) is 0 Å². The summed E-state index contributed by atoms with van der Waals surface area (Å²) in [5.41, 5.74) is 0.903. The predicted octanol–water partition coefficient (Wildman–Crippen LogP) is 3.92. The number of amidine groups is 1. The van der Waals surface area contributed by atoms with E-state index in [0.717, 1.165) is 30.0 Å². The first-order chi connectivity index (χ1) is 12.2. The van der Waals surface area contributed by atoms with Crippen molar-refractivity contribution >= 4 is 28.5 Å². The predicted molar refractivity (Wildman–Crippen MR) is 110 cm³/mol. The van der Waals surface area contributed by atoms with Crippen LogP contribution in [0.3, 0.4) is 0 Å². The molecule has 4 nitrogen and oxygen atoms in total. The van der Waals surface area contributed by atoms with Crippen LogP contribution >= 0.6 is 17.0 Å². The fraction of sp³-hybridized carbons (Fsp3) is 0.381. The lowest BCUT2D eigenvalue weighted by atomic mass is 10.00. The second kappa shape index (κ2) is 7.80. The molecule has 138 valence electrons. The normalized spacial score (nSPS) is 22.5. The Labute approximate surface area is 165 Å². The number of hydrogen-bond donors (Lipinski definition) is 1. The molecular formula is C21H26BrN2O2+. The van der Waals surface area contributed by atoms with Gasteiger partial charge in [0.25, 0.3) is 11.6 Å². The number of methoxy groups -OCH3 is 1. The van der Waals surface area contributed by atoms with Crippen molar-refractivity contribution in [2.24, 2.45) is 0 Å². The Kier molecular flexibility index (Phi) is 5.68. The number of halogens is 1. The van der Waals surface area contributed by atoms with Gasteiger partial charge in [0.15, 0.2) is 6.54 Å². The van der Waals surface area contributed by atoms with Crippen molar-refractivity contribution in [1.29, 1.82) is 0 Å². The van der Waals surface area contributed by atoms with Crippen molar-refractivity contribution < 1.29 is 14.4 Å². The van der Waals surface area contributed by atoms with E-state index in [4.69, 9.17) is 4.74 Å². The van der Waals surface area contributed by atoms with Gasteiger partial charge >= 0.3 is 0 Å². The summed E-state index contributed by atoms with van der Waals surface area (Å²) in [5.74, 6) is 2.06. The summed E-state index contributed by atoms with van der Waals surface area (Å²) >= 11 is 0. The third-order valence-electron chi connectivity index (χ3n) is 5.30. The molecule has 2 aromatic rings. The van der Waals surface area contributed by atoms with E-state index in [2.05, 4.69) is 9.48 Å². The number of anilines is 1. The molecule has 2 heterocycles. The minimum atomic E-state index is -1.04. The lowest BCUT2D eigenvalue weighted by Crippen LogP contribution is -2.47. The summed E-state index contributed by atoms with van der Waals surface area (Å²) in [4.78, 5) is 2.13. The van der Waals surface area contributed by atoms with Crippen molar-refractivity contribution in [3.8, 4) is 5.75 Å². The van der Waals surface area contributed by atoms with Gasteiger partial charge in [-0.05, 0) is 43.5 Å². The number of benzene rings is 2. The monoisotopic (exact) mass is 417 g/mol. The van der Waals surface area contributed by atoms with Gasteiger partial charge in [0.1, 0.15) is 11.4 Å². The molecule has 0 saturated heterocycles. The Balaban J connectivity index is 0.00000196. The van der Waals surface area contributed by atoms with Crippen molar-refractivity contribution in [3.05, 3.63) is 60.2 Å². The third-order valence-corrected chi connectivity index (χ3v) is 5.30. The van der Waals surface area contributed by atoms with Crippen LogP contribution in [0, 0.1) is 0 Å². The molecule has 0 bridgehead atoms. The van der Waals surface area contributed by atoms with Crippen molar-refractivity contribution in [2.75, 3.05) is 25.1 Å². The standard InChI is InChI=1S/C21H25N2O2.BrH/c1-25-19-13-11-18(12-14-19)23-20-10-6-3-7-15-22(20)16-21(23,24)17-8-4-2-5-9-17;/h2,4-5,8-9,11-14,24H,3,6-7,10,15-16H2,1H3;1H/q+1;. The van der Waals surface area contributed by atoms with E-state index < -0.39 is 5.72 Å². The average Bonchev–Trinajstić information content (AvgIpc) is 2.79. The van der Waals surface area contributed by atoms with Crippen LogP contribution in [-0.4, -0.2) is 35.7 Å². The van der Waals surface area contributed by atoms with E-state index in [1.54, 1.807) is 7.11 Å². The molecule has 0 fully saturated rings. The van der Waals surface area contributed by atoms with E-state index in [1.807, 2.05) is 54.6 Å². The highest BCUT2D eigenvalue weighted by molar-refractivity contribution is 8.93. The zero-order valence-electron chi connectivity index (χ0n) is 15.1. The van der Waals surface area contributed by atoms with E-state index in [-0.39, 0.29) is 17.0 Å². The van der Waals surface area contributed by atoms with Crippen LogP contribution in [0.4, 0.5) is 5.69 Å². The molecule has 0 aromatic heterocycles. The summed E-state index contributed by atoms with van der Waals surface area (Å²) in [6.45, 7) is 1.62. The number of hydrogen-bond acceptors (Lipinski definition) is 3. The van der Waals surface area contributed by atoms with E-state index in [9.17, 15) is 5.11 Å². The molecule has 0 saturated carbocycles. The molecule has 2 aliphatic heterocycles. The van der Waals surface area contributed by atoms with Gasteiger partial charge in [-0.25, -0.2) is 0 Å². The maximum Gasteiger partial charge on any atom is 0.275 e. The van der Waals surface area contributed by atoms with Gasteiger partial charge in [0.05, 0.1) is 13.7 Å². The summed E-state index contributed by atoms with van der Waals surface area (Å²) in [6, 6.07) is 18.0. The highest BCUT2D eigenvalue weighted by Crippen LogP contribution is 2.38. The topological polar surface area (TPSA) is 35.7 Å². The lowest BCUT2D eigenvalue weighted by Gasteiger charge is -2.29. The SMILES string of the molecule is Br.COc1ccc(N2C3=[N+](CCCCC3)CC2(O)c2ccccc2)cc1. The van der Waals surface area contributed by atoms with E-state index in [0.29, 0.717) is 6.54 Å². The molecule has 26 heavy (non-hydrogen) atoms. The summed E-state index contributed by atoms with van der Waals surface area (Å²) in [5, 5.41) is 11.8. The molecule has 0 amide bonds. The van der Waals surface area contributed by atoms with E-state index >= 15 is 0 Å². The van der Waals surface area contributed by atoms with Gasteiger partial charge in [-0.2, -0.15) is 4.90 Å². The van der Waals surface area contributed by atoms with Crippen LogP contribution in [0.25, 0.3) is 0 Å². The molecule has 4 rings (SSSR count). The largest absolute Gasteiger partial charge is 0.497 e. The van der Waals surface area contributed by atoms with Gasteiger partial charge < -0.3 is 9.84 Å². The second-order valence-corrected chi connectivity index (χ2v) is 6.86. The molecule has 0 aliphatic carbocycles. The molecule has 1 N–H and O–H groups in total. The van der Waals surface area contributed by atoms with Gasteiger partial charge in [-0.1, -0.05) is 30.3 Å². The number of nitrogens with zero attached hydrogens (tertiary/aromatic N) is 2.